The minimum atomic E-state index is -4.46. The first kappa shape index (κ1) is 100. The Labute approximate surface area is 724 Å². The number of H-pyrrole nitrogens is 3. The Morgan fingerprint density at radius 3 is 0.927 bits per heavy atom. The minimum Gasteiger partial charge on any atom is -0.382 e. The topological polar surface area (TPSA) is 555 Å². The Balaban J connectivity index is 0.000000186. The van der Waals surface area contributed by atoms with E-state index in [0.717, 1.165) is 6.42 Å². The normalized spacial score (nSPS) is 26.6. The molecular weight excluding hydrogens is 1700 g/mol. The number of phosphoric ester groups is 1. The molecule has 0 aromatic carbocycles. The third kappa shape index (κ3) is 26.4. The maximum atomic E-state index is 12.8. The number of phosphoric acid groups is 1. The molecule has 123 heavy (non-hydrogen) atoms. The van der Waals surface area contributed by atoms with E-state index in [1.165, 1.54) is 44.1 Å². The maximum absolute atomic E-state index is 12.8. The van der Waals surface area contributed by atoms with Crippen molar-refractivity contribution < 1.29 is 89.0 Å². The largest absolute Gasteiger partial charge is 0.473 e. The third-order valence-electron chi connectivity index (χ3n) is 18.7. The number of aromatic amines is 3. The molecule has 0 saturated carbocycles. The molecule has 8 aromatic heterocycles. The number of fused-ring (bicyclic) bond motifs is 4. The number of nitrogens with two attached hydrogens (primary N) is 4. The van der Waals surface area contributed by atoms with Gasteiger partial charge >= 0.3 is 21.3 Å². The molecule has 690 valence electrons. The van der Waals surface area contributed by atoms with Gasteiger partial charge in [0.2, 0.25) is 17.8 Å². The van der Waals surface area contributed by atoms with Crippen LogP contribution in [-0.4, -0.2) is 217 Å². The summed E-state index contributed by atoms with van der Waals surface area (Å²) in [5, 5.41) is 0. The van der Waals surface area contributed by atoms with Gasteiger partial charge in [0.1, 0.15) is 60.7 Å². The Morgan fingerprint density at radius 1 is 0.382 bits per heavy atom. The molecule has 0 aliphatic carbocycles. The molecule has 4 fully saturated rings. The van der Waals surface area contributed by atoms with Crippen molar-refractivity contribution in [2.75, 3.05) is 51.4 Å². The molecular formula is C76H127N20O22P3S2. The first-order valence-electron chi connectivity index (χ1n) is 40.0. The van der Waals surface area contributed by atoms with E-state index >= 15 is 0 Å². The second-order valence-electron chi connectivity index (χ2n) is 39.5. The summed E-state index contributed by atoms with van der Waals surface area (Å²) < 4.78 is 108. The molecule has 19 atom stereocenters. The van der Waals surface area contributed by atoms with Crippen molar-refractivity contribution in [3.63, 3.8) is 0 Å². The van der Waals surface area contributed by atoms with Gasteiger partial charge in [0.25, 0.3) is 16.7 Å². The number of hydrogen-bond donors (Lipinski definition) is 10. The molecule has 12 rings (SSSR count). The van der Waals surface area contributed by atoms with Gasteiger partial charge in [-0.05, 0) is 154 Å². The van der Waals surface area contributed by atoms with E-state index in [2.05, 4.69) is 122 Å². The molecule has 0 bridgehead atoms. The quantitative estimate of drug-likeness (QED) is 0.0282. The Hall–Kier alpha value is -6.39. The van der Waals surface area contributed by atoms with Crippen molar-refractivity contribution in [1.29, 1.82) is 0 Å². The zero-order valence-electron chi connectivity index (χ0n) is 75.3. The van der Waals surface area contributed by atoms with Gasteiger partial charge in [-0.3, -0.25) is 65.7 Å². The van der Waals surface area contributed by atoms with Gasteiger partial charge in [0.05, 0.1) is 72.1 Å². The van der Waals surface area contributed by atoms with Crippen molar-refractivity contribution in [2.45, 2.75) is 312 Å². The smallest absolute Gasteiger partial charge is 0.382 e. The van der Waals surface area contributed by atoms with Crippen LogP contribution in [0.4, 0.5) is 23.7 Å². The lowest BCUT2D eigenvalue weighted by Crippen LogP contribution is -2.42. The molecule has 0 amide bonds. The zero-order valence-corrected chi connectivity index (χ0v) is 79.6. The highest BCUT2D eigenvalue weighted by atomic mass is 32.5. The van der Waals surface area contributed by atoms with Gasteiger partial charge in [-0.1, -0.05) is 83.1 Å². The van der Waals surface area contributed by atoms with Crippen LogP contribution in [0.15, 0.2) is 46.0 Å². The SMILES string of the molecule is CO[C@@H]1[C@H](OC(C)(C)C)[C@@H](CC(C)(C)C)O[C@H]1n1cnc2c(=O)[nH]c(N)nc21.CO[C@@H]1[C@H](OP(=O)(O)OC(C)(C)C)[C@@H](CC(C)(C)C)O[C@H]1n1cnc2c(=O)[nH]c(N)nc21.CO[C@@H]1[C@H](OP(O)(=S)OC(C)(C)C)[C@@H](CC(C)(C)C)O[C@H]1n1cnc2c(=O)[nH]c(N)nc21.CO[C@@H]1[C@H](OP(O)(=S)OC(C)(C)C)[C@@H](CC(C)(C)C)O[C@H]1n1cnc2c(N)ncnc21. The van der Waals surface area contributed by atoms with E-state index in [0.29, 0.717) is 36.1 Å². The standard InChI is InChI=1S/C19H32N5O7P.C19H32N5O6PS.C19H32N5O5PS.C19H31N5O4/c1-18(2,3)8-10-12(30-32(26,27)31-19(4,5)6)13(28-7)16(29-10)24-9-21-11-14(24)22-17(20)23-15(11)25;1-18(2,3)8-10-12(29-31(26,32)30-19(4,5)6)13(27-7)16(28-10)24-9-21-11-14(24)22-17(20)23-15(11)25;1-18(2,3)8-11-13(28-30(25,31)29-19(4,5)6)14(26-7)17(27-11)24-10-23-12-15(20)21-9-22-16(12)24;1-18(2,3)8-10-12(28-19(4,5)6)13(26-7)16(27-10)24-9-21-11-14(24)22-17(20)23-15(11)25/h9-10,12-13,16H,8H2,1-7H3,(H,26,27)(H3,20,22,23,25);9-10,12-13,16H,8H2,1-7H3,(H,26,32)(H3,20,22,23,25);9-11,13-14,17H,8H2,1-7H3,(H,25,31)(H2,20,21,22);9-10,12-13,16H,8H2,1-7H3,(H3,20,22,23,25)/t10-,12-,13-,16-;10-,12-,13-,16-,31?;11-,13-,14-,17-,30?;10-,12-,13-,16-/m1111/s1. The van der Waals surface area contributed by atoms with Crippen LogP contribution in [-0.2, 0) is 98.0 Å². The first-order chi connectivity index (χ1) is 56.3. The molecule has 47 heteroatoms. The number of ether oxygens (including phenoxy) is 9. The lowest BCUT2D eigenvalue weighted by atomic mass is 9.87. The Morgan fingerprint density at radius 2 is 0.650 bits per heavy atom. The lowest BCUT2D eigenvalue weighted by Gasteiger charge is -2.32. The van der Waals surface area contributed by atoms with Crippen LogP contribution >= 0.6 is 21.3 Å². The predicted molar refractivity (Wildman–Crippen MR) is 467 cm³/mol. The number of imidazole rings is 4. The summed E-state index contributed by atoms with van der Waals surface area (Å²) in [6.45, 7) is 39.6. The summed E-state index contributed by atoms with van der Waals surface area (Å²) in [5.41, 5.74) is 21.0. The Kier molecular flexibility index (Phi) is 30.8. The molecule has 4 aliphatic heterocycles. The highest BCUT2D eigenvalue weighted by Gasteiger charge is 2.56. The van der Waals surface area contributed by atoms with Gasteiger partial charge in [0.15, 0.2) is 69.9 Å². The second-order valence-corrected chi connectivity index (χ2v) is 46.2. The minimum absolute atomic E-state index is 0.0277. The van der Waals surface area contributed by atoms with Crippen molar-refractivity contribution in [3.8, 4) is 0 Å². The predicted octanol–water partition coefficient (Wildman–Crippen LogP) is 10.2. The van der Waals surface area contributed by atoms with Gasteiger partial charge in [-0.2, -0.15) is 15.0 Å². The van der Waals surface area contributed by atoms with Crippen molar-refractivity contribution in [3.05, 3.63) is 62.7 Å². The fourth-order valence-electron chi connectivity index (χ4n) is 14.7. The molecule has 8 aromatic rings. The summed E-state index contributed by atoms with van der Waals surface area (Å²) in [6, 6.07) is 0. The molecule has 4 aliphatic rings. The number of nitrogens with zero attached hydrogens (tertiary/aromatic N) is 13. The Bertz CT molecular complexity index is 5130. The number of anilines is 4. The van der Waals surface area contributed by atoms with Crippen LogP contribution < -0.4 is 39.6 Å². The molecule has 0 radical (unpaired) electrons. The number of hydrogen-bond acceptors (Lipinski definition) is 34. The highest BCUT2D eigenvalue weighted by molar-refractivity contribution is 8.07. The van der Waals surface area contributed by atoms with E-state index in [9.17, 15) is 33.6 Å². The average molecular weight is 1830 g/mol. The molecule has 0 spiro atoms. The van der Waals surface area contributed by atoms with Crippen molar-refractivity contribution in [2.24, 2.45) is 21.7 Å². The number of nitrogen functional groups attached to an aromatic ring is 4. The van der Waals surface area contributed by atoms with E-state index in [1.54, 1.807) is 75.8 Å². The van der Waals surface area contributed by atoms with Gasteiger partial charge in [0, 0.05) is 28.4 Å². The summed E-state index contributed by atoms with van der Waals surface area (Å²) in [5.74, 6) is 0.188. The van der Waals surface area contributed by atoms with Crippen LogP contribution in [0.25, 0.3) is 44.7 Å². The molecule has 12 heterocycles. The second kappa shape index (κ2) is 37.7. The highest BCUT2D eigenvalue weighted by Crippen LogP contribution is 2.57. The van der Waals surface area contributed by atoms with E-state index in [1.807, 2.05) is 62.3 Å². The number of nitrogens with one attached hydrogen (secondary N) is 3. The lowest BCUT2D eigenvalue weighted by molar-refractivity contribution is -0.123. The first-order valence-corrected chi connectivity index (χ1v) is 46.6. The molecule has 4 saturated heterocycles. The van der Waals surface area contributed by atoms with Gasteiger partial charge in [-0.15, -0.1) is 0 Å². The fraction of sp³-hybridized carbons (Fsp3) is 0.737. The molecule has 42 nitrogen and oxygen atoms in total. The van der Waals surface area contributed by atoms with Crippen molar-refractivity contribution in [1.82, 2.24) is 78.1 Å². The van der Waals surface area contributed by atoms with E-state index in [-0.39, 0.29) is 96.5 Å². The van der Waals surface area contributed by atoms with Crippen LogP contribution in [0.5, 0.6) is 0 Å². The van der Waals surface area contributed by atoms with Crippen LogP contribution in [0.2, 0.25) is 0 Å². The van der Waals surface area contributed by atoms with Gasteiger partial charge < -0.3 is 89.3 Å². The fourth-order valence-corrected chi connectivity index (χ4v) is 20.6. The number of methoxy groups -OCH3 is 4. The molecule has 14 N–H and O–H groups in total. The summed E-state index contributed by atoms with van der Waals surface area (Å²) in [4.78, 5) is 114. The van der Waals surface area contributed by atoms with Crippen LogP contribution in [0.1, 0.15) is 217 Å². The van der Waals surface area contributed by atoms with Crippen LogP contribution in [0.3, 0.4) is 0 Å². The summed E-state index contributed by atoms with van der Waals surface area (Å²) in [6.07, 6.45) is 0.235. The van der Waals surface area contributed by atoms with E-state index in [4.69, 9.17) is 116 Å². The van der Waals surface area contributed by atoms with E-state index < -0.39 is 135 Å². The zero-order chi connectivity index (χ0) is 92.2. The summed E-state index contributed by atoms with van der Waals surface area (Å²) >= 11 is 10.6. The van der Waals surface area contributed by atoms with Crippen LogP contribution in [0, 0.1) is 21.7 Å². The number of rotatable bonds is 22. The average Bonchev–Trinajstić information content (AvgIpc) is 1.62. The monoisotopic (exact) mass is 1830 g/mol. The number of aromatic nitrogens is 16. The maximum Gasteiger partial charge on any atom is 0.473 e. The third-order valence-corrected chi connectivity index (χ3v) is 23.6. The molecule has 3 unspecified atom stereocenters. The summed E-state index contributed by atoms with van der Waals surface area (Å²) in [7, 11) is 1.69. The van der Waals surface area contributed by atoms with Crippen molar-refractivity contribution >= 4 is 113 Å². The van der Waals surface area contributed by atoms with Gasteiger partial charge in [-0.25, -0.2) is 34.5 Å².